The van der Waals surface area contributed by atoms with Crippen LogP contribution in [0.4, 0.5) is 0 Å². The lowest BCUT2D eigenvalue weighted by molar-refractivity contribution is -0.321. The lowest BCUT2D eigenvalue weighted by atomic mass is 10.1. The maximum absolute atomic E-state index is 11.5. The molecule has 0 aliphatic rings. The Labute approximate surface area is 165 Å². The highest BCUT2D eigenvalue weighted by atomic mass is 16.8. The molecule has 0 aromatic heterocycles. The van der Waals surface area contributed by atoms with Gasteiger partial charge in [-0.1, -0.05) is 32.1 Å². The van der Waals surface area contributed by atoms with Gasteiger partial charge in [0.1, 0.15) is 0 Å². The molecule has 0 N–H and O–H groups in total. The van der Waals surface area contributed by atoms with Crippen molar-refractivity contribution in [2.45, 2.75) is 91.8 Å². The van der Waals surface area contributed by atoms with E-state index in [9.17, 15) is 4.79 Å². The van der Waals surface area contributed by atoms with Crippen LogP contribution < -0.4 is 0 Å². The largest absolute Gasteiger partial charge is 0.449 e. The molecule has 0 bridgehead atoms. The molecule has 0 radical (unpaired) electrons. The van der Waals surface area contributed by atoms with E-state index in [-0.39, 0.29) is 5.97 Å². The van der Waals surface area contributed by atoms with Crippen molar-refractivity contribution in [3.8, 4) is 11.8 Å². The fourth-order valence-corrected chi connectivity index (χ4v) is 2.61. The molecule has 0 aliphatic carbocycles. The predicted molar refractivity (Wildman–Crippen MR) is 105 cm³/mol. The van der Waals surface area contributed by atoms with Crippen LogP contribution in [0.15, 0.2) is 0 Å². The van der Waals surface area contributed by atoms with Crippen LogP contribution in [0.2, 0.25) is 0 Å². The molecule has 6 nitrogen and oxygen atoms in total. The van der Waals surface area contributed by atoms with Crippen LogP contribution in [-0.2, 0) is 28.5 Å². The van der Waals surface area contributed by atoms with Gasteiger partial charge in [0.2, 0.25) is 6.29 Å². The van der Waals surface area contributed by atoms with Crippen LogP contribution in [0.25, 0.3) is 0 Å². The average molecular weight is 387 g/mol. The Morgan fingerprint density at radius 3 is 1.93 bits per heavy atom. The summed E-state index contributed by atoms with van der Waals surface area (Å²) < 4.78 is 28.5. The van der Waals surface area contributed by atoms with Crippen molar-refractivity contribution in [2.75, 3.05) is 26.4 Å². The van der Waals surface area contributed by atoms with Crippen molar-refractivity contribution in [1.82, 2.24) is 0 Å². The number of ether oxygens (including phenoxy) is 5. The summed E-state index contributed by atoms with van der Waals surface area (Å²) in [6.07, 6.45) is 3.69. The molecule has 6 heteroatoms. The minimum atomic E-state index is -1.36. The number of hydrogen-bond donors (Lipinski definition) is 0. The van der Waals surface area contributed by atoms with E-state index in [2.05, 4.69) is 18.8 Å². The standard InChI is InChI=1S/C21H38O6/c1-7-12-13-14-15-19(27-18(6)22)16-17-21(25-10-4,26-11-5)20(23-8-2)24-9-3/h19-20H,7-15H2,1-6H3. The Balaban J connectivity index is 5.56. The van der Waals surface area contributed by atoms with E-state index in [1.165, 1.54) is 6.92 Å². The summed E-state index contributed by atoms with van der Waals surface area (Å²) in [6.45, 7) is 12.6. The van der Waals surface area contributed by atoms with Gasteiger partial charge >= 0.3 is 5.97 Å². The molecule has 0 aliphatic heterocycles. The summed E-state index contributed by atoms with van der Waals surface area (Å²) in [5.41, 5.74) is 0. The topological polar surface area (TPSA) is 63.2 Å². The normalized spacial score (nSPS) is 12.6. The highest BCUT2D eigenvalue weighted by Crippen LogP contribution is 2.23. The third-order valence-electron chi connectivity index (χ3n) is 3.70. The van der Waals surface area contributed by atoms with Crippen LogP contribution in [0.3, 0.4) is 0 Å². The molecule has 0 aromatic carbocycles. The van der Waals surface area contributed by atoms with Crippen LogP contribution in [-0.4, -0.2) is 50.6 Å². The Kier molecular flexibility index (Phi) is 15.2. The first-order valence-corrected chi connectivity index (χ1v) is 10.2. The second-order valence-electron chi connectivity index (χ2n) is 5.99. The molecular formula is C21H38O6. The highest BCUT2D eigenvalue weighted by molar-refractivity contribution is 5.66. The lowest BCUT2D eigenvalue weighted by Crippen LogP contribution is -2.49. The van der Waals surface area contributed by atoms with Crippen molar-refractivity contribution >= 4 is 5.97 Å². The Hall–Kier alpha value is -1.13. The maximum atomic E-state index is 11.5. The van der Waals surface area contributed by atoms with Gasteiger partial charge in [-0.2, -0.15) is 0 Å². The third-order valence-corrected chi connectivity index (χ3v) is 3.70. The predicted octanol–water partition coefficient (Wildman–Crippen LogP) is 4.06. The van der Waals surface area contributed by atoms with Gasteiger partial charge in [0, 0.05) is 33.4 Å². The van der Waals surface area contributed by atoms with Gasteiger partial charge in [0.05, 0.1) is 0 Å². The molecule has 0 saturated heterocycles. The number of carbonyl (C=O) groups excluding carboxylic acids is 1. The number of rotatable bonds is 15. The van der Waals surface area contributed by atoms with Crippen molar-refractivity contribution in [3.05, 3.63) is 0 Å². The van der Waals surface area contributed by atoms with Gasteiger partial charge in [-0.15, -0.1) is 0 Å². The van der Waals surface area contributed by atoms with E-state index >= 15 is 0 Å². The SMILES string of the molecule is CCCCCCC(C#CC(OCC)(OCC)C(OCC)OCC)OC(C)=O. The van der Waals surface area contributed by atoms with E-state index < -0.39 is 18.2 Å². The fraction of sp³-hybridized carbons (Fsp3) is 0.857. The second kappa shape index (κ2) is 15.9. The summed E-state index contributed by atoms with van der Waals surface area (Å²) in [4.78, 5) is 11.5. The molecule has 0 fully saturated rings. The monoisotopic (exact) mass is 386 g/mol. The zero-order valence-corrected chi connectivity index (χ0v) is 18.0. The second-order valence-corrected chi connectivity index (χ2v) is 5.99. The molecular weight excluding hydrogens is 348 g/mol. The van der Waals surface area contributed by atoms with Gasteiger partial charge in [0.15, 0.2) is 6.10 Å². The molecule has 0 saturated carbocycles. The van der Waals surface area contributed by atoms with Crippen LogP contribution in [0, 0.1) is 11.8 Å². The summed E-state index contributed by atoms with van der Waals surface area (Å²) in [5.74, 6) is 4.35. The first kappa shape index (κ1) is 25.9. The number of esters is 1. The van der Waals surface area contributed by atoms with E-state index in [0.29, 0.717) is 32.8 Å². The van der Waals surface area contributed by atoms with Gasteiger partial charge in [-0.25, -0.2) is 0 Å². The number of unbranched alkanes of at least 4 members (excludes halogenated alkanes) is 3. The first-order valence-electron chi connectivity index (χ1n) is 10.2. The van der Waals surface area contributed by atoms with Crippen LogP contribution >= 0.6 is 0 Å². The summed E-state index contributed by atoms with van der Waals surface area (Å²) >= 11 is 0. The van der Waals surface area contributed by atoms with Crippen molar-refractivity contribution in [2.24, 2.45) is 0 Å². The Morgan fingerprint density at radius 2 is 1.48 bits per heavy atom. The Bertz CT molecular complexity index is 428. The summed E-state index contributed by atoms with van der Waals surface area (Å²) in [6, 6.07) is 0. The molecule has 1 unspecified atom stereocenters. The molecule has 1 atom stereocenters. The third kappa shape index (κ3) is 10.7. The van der Waals surface area contributed by atoms with Gasteiger partial charge < -0.3 is 23.7 Å². The first-order chi connectivity index (χ1) is 13.0. The van der Waals surface area contributed by atoms with Crippen molar-refractivity contribution in [1.29, 1.82) is 0 Å². The minimum Gasteiger partial charge on any atom is -0.449 e. The summed E-state index contributed by atoms with van der Waals surface area (Å²) in [5, 5.41) is 0. The van der Waals surface area contributed by atoms with E-state index in [1.807, 2.05) is 27.7 Å². The lowest BCUT2D eigenvalue weighted by Gasteiger charge is -2.34. The highest BCUT2D eigenvalue weighted by Gasteiger charge is 2.41. The molecule has 158 valence electrons. The molecule has 27 heavy (non-hydrogen) atoms. The smallest absolute Gasteiger partial charge is 0.303 e. The zero-order valence-electron chi connectivity index (χ0n) is 18.0. The average Bonchev–Trinajstić information content (AvgIpc) is 2.62. The zero-order chi connectivity index (χ0) is 20.5. The van der Waals surface area contributed by atoms with Gasteiger partial charge in [-0.3, -0.25) is 4.79 Å². The van der Waals surface area contributed by atoms with Crippen molar-refractivity contribution in [3.63, 3.8) is 0 Å². The van der Waals surface area contributed by atoms with Gasteiger partial charge in [0.25, 0.3) is 5.79 Å². The number of hydrogen-bond acceptors (Lipinski definition) is 6. The molecule has 0 spiro atoms. The van der Waals surface area contributed by atoms with E-state index in [0.717, 1.165) is 25.7 Å². The molecule has 0 amide bonds. The minimum absolute atomic E-state index is 0.352. The quantitative estimate of drug-likeness (QED) is 0.183. The fourth-order valence-electron chi connectivity index (χ4n) is 2.61. The van der Waals surface area contributed by atoms with Gasteiger partial charge in [-0.05, 0) is 46.5 Å². The van der Waals surface area contributed by atoms with E-state index in [1.54, 1.807) is 0 Å². The molecule has 0 rings (SSSR count). The maximum Gasteiger partial charge on any atom is 0.303 e. The number of carbonyl (C=O) groups is 1. The van der Waals surface area contributed by atoms with Crippen LogP contribution in [0.1, 0.15) is 73.6 Å². The molecule has 0 aromatic rings. The van der Waals surface area contributed by atoms with Crippen LogP contribution in [0.5, 0.6) is 0 Å². The van der Waals surface area contributed by atoms with Crippen molar-refractivity contribution < 1.29 is 28.5 Å². The van der Waals surface area contributed by atoms with E-state index in [4.69, 9.17) is 23.7 Å². The summed E-state index contributed by atoms with van der Waals surface area (Å²) in [7, 11) is 0. The Morgan fingerprint density at radius 1 is 0.889 bits per heavy atom. The molecule has 0 heterocycles.